The third-order valence-electron chi connectivity index (χ3n) is 7.91. The summed E-state index contributed by atoms with van der Waals surface area (Å²) in [5, 5.41) is 37.0. The van der Waals surface area contributed by atoms with Crippen molar-refractivity contribution in [1.82, 2.24) is 0 Å². The molecule has 1 aliphatic rings. The van der Waals surface area contributed by atoms with Gasteiger partial charge in [0, 0.05) is 31.3 Å². The van der Waals surface area contributed by atoms with Crippen molar-refractivity contribution >= 4 is 17.7 Å². The van der Waals surface area contributed by atoms with Gasteiger partial charge in [0.25, 0.3) is 5.91 Å². The largest absolute Gasteiger partial charge is 0.505 e. The zero-order valence-electron chi connectivity index (χ0n) is 26.7. The number of primary amides is 1. The van der Waals surface area contributed by atoms with Crippen LogP contribution in [0.4, 0.5) is 10.5 Å². The predicted octanol–water partition coefficient (Wildman–Crippen LogP) is 4.83. The van der Waals surface area contributed by atoms with Crippen LogP contribution in [0.3, 0.4) is 0 Å². The number of aliphatic hydroxyl groups excluding tert-OH is 1. The second kappa shape index (κ2) is 15.6. The zero-order valence-corrected chi connectivity index (χ0v) is 26.7. The van der Waals surface area contributed by atoms with E-state index in [1.54, 1.807) is 51.1 Å². The molecular formula is C33H44N2O10. The number of allylic oxidation sites excluding steroid dienone is 2. The Bertz CT molecular complexity index is 1430. The minimum absolute atomic E-state index is 0.0235. The monoisotopic (exact) mass is 628 g/mol. The normalized spacial score (nSPS) is 28.2. The fourth-order valence-electron chi connectivity index (χ4n) is 5.55. The molecule has 0 aliphatic carbocycles. The van der Waals surface area contributed by atoms with Crippen molar-refractivity contribution < 1.29 is 48.3 Å². The minimum atomic E-state index is -1.03. The zero-order chi connectivity index (χ0) is 33.4. The van der Waals surface area contributed by atoms with Gasteiger partial charge in [-0.3, -0.25) is 4.79 Å². The number of nitrogens with two attached hydrogens (primary N) is 1. The van der Waals surface area contributed by atoms with Crippen LogP contribution in [0.2, 0.25) is 0 Å². The Hall–Kier alpha value is -4.26. The summed E-state index contributed by atoms with van der Waals surface area (Å²) in [6.45, 7) is 7.01. The van der Waals surface area contributed by atoms with Gasteiger partial charge in [0.1, 0.15) is 29.8 Å². The summed E-state index contributed by atoms with van der Waals surface area (Å²) < 4.78 is 27.8. The number of phenolic OH excluding ortho intramolecular Hbond substituents is 2. The Labute approximate surface area is 263 Å². The number of aliphatic hydroxyl groups is 1. The van der Waals surface area contributed by atoms with Gasteiger partial charge in [-0.25, -0.2) is 4.79 Å². The highest BCUT2D eigenvalue weighted by Crippen LogP contribution is 2.52. The predicted molar refractivity (Wildman–Crippen MR) is 168 cm³/mol. The van der Waals surface area contributed by atoms with Crippen molar-refractivity contribution in [2.75, 3.05) is 26.6 Å². The standard InChI is InChI=1S/C33H44N2O10/c1-17-14-21-28(37)26(25(22-12-9-13-44-22)29(38)31(21)43-7)35-32(39)18(2)10-8-11-23(41-5)30(45-33(34)40)20(4)16-19(3)27(36)24(15-17)42-6/h8-13,16-17,20,23-24,27,30,36-38H,14-15H2,1-7H3,(H2,34,40)(H,35,39)/b11-8-,18-10+,19-16+/t17-,20+,23+,24+,27-,30-/m1/s1. The smallest absolute Gasteiger partial charge is 0.404 e. The highest BCUT2D eigenvalue weighted by molar-refractivity contribution is 6.08. The van der Waals surface area contributed by atoms with E-state index in [4.69, 9.17) is 29.1 Å². The molecule has 6 N–H and O–H groups in total. The van der Waals surface area contributed by atoms with Crippen LogP contribution in [-0.2, 0) is 25.4 Å². The molecule has 1 aromatic carbocycles. The molecular weight excluding hydrogens is 584 g/mol. The lowest BCUT2D eigenvalue weighted by Crippen LogP contribution is -2.38. The van der Waals surface area contributed by atoms with Crippen LogP contribution in [0.15, 0.2) is 58.3 Å². The van der Waals surface area contributed by atoms with Crippen LogP contribution in [0.25, 0.3) is 11.3 Å². The molecule has 0 saturated heterocycles. The minimum Gasteiger partial charge on any atom is -0.505 e. The molecule has 0 unspecified atom stereocenters. The average Bonchev–Trinajstić information content (AvgIpc) is 3.53. The molecule has 2 amide bonds. The summed E-state index contributed by atoms with van der Waals surface area (Å²) >= 11 is 0. The second-order valence-electron chi connectivity index (χ2n) is 11.3. The van der Waals surface area contributed by atoms with Crippen LogP contribution < -0.4 is 15.8 Å². The molecule has 1 aliphatic heterocycles. The van der Waals surface area contributed by atoms with Crippen LogP contribution in [-0.4, -0.2) is 73.1 Å². The van der Waals surface area contributed by atoms with Crippen LogP contribution >= 0.6 is 0 Å². The number of rotatable bonds is 5. The topological polar surface area (TPSA) is 183 Å². The van der Waals surface area contributed by atoms with E-state index < -0.39 is 42.3 Å². The van der Waals surface area contributed by atoms with Gasteiger partial charge in [-0.2, -0.15) is 0 Å². The number of methoxy groups -OCH3 is 3. The fourth-order valence-corrected chi connectivity index (χ4v) is 5.55. The lowest BCUT2D eigenvalue weighted by molar-refractivity contribution is -0.112. The number of aromatic hydroxyl groups is 2. The number of anilines is 1. The van der Waals surface area contributed by atoms with E-state index in [0.29, 0.717) is 12.0 Å². The first-order chi connectivity index (χ1) is 21.3. The van der Waals surface area contributed by atoms with Gasteiger partial charge in [0.2, 0.25) is 0 Å². The SMILES string of the molecule is COc1c(O)c(-c2ccco2)c2c(O)c1C[C@@H](C)C[C@H](OC)[C@H](O)/C(C)=C/[C@H](C)[C@@H](OC(N)=O)[C@@H](OC)/C=C\C=C(/C)C(=O)N2. The molecule has 2 heterocycles. The van der Waals surface area contributed by atoms with E-state index in [2.05, 4.69) is 5.32 Å². The molecule has 45 heavy (non-hydrogen) atoms. The van der Waals surface area contributed by atoms with Crippen LogP contribution in [0.5, 0.6) is 17.2 Å². The molecule has 2 bridgehead atoms. The highest BCUT2D eigenvalue weighted by atomic mass is 16.6. The van der Waals surface area contributed by atoms with Gasteiger partial charge in [-0.15, -0.1) is 0 Å². The maximum atomic E-state index is 13.4. The number of phenols is 2. The number of amides is 2. The maximum Gasteiger partial charge on any atom is 0.404 e. The Kier molecular flexibility index (Phi) is 12.2. The molecule has 0 fully saturated rings. The summed E-state index contributed by atoms with van der Waals surface area (Å²) in [5.74, 6) is -1.65. The Morgan fingerprint density at radius 2 is 1.82 bits per heavy atom. The summed E-state index contributed by atoms with van der Waals surface area (Å²) in [4.78, 5) is 25.2. The van der Waals surface area contributed by atoms with E-state index in [1.165, 1.54) is 33.7 Å². The molecule has 6 atom stereocenters. The number of nitrogens with one attached hydrogen (secondary N) is 1. The number of benzene rings is 1. The summed E-state index contributed by atoms with van der Waals surface area (Å²) in [6.07, 6.45) is 4.09. The third-order valence-corrected chi connectivity index (χ3v) is 7.91. The summed E-state index contributed by atoms with van der Waals surface area (Å²) in [6, 6.07) is 3.19. The second-order valence-corrected chi connectivity index (χ2v) is 11.3. The van der Waals surface area contributed by atoms with Gasteiger partial charge in [0.15, 0.2) is 11.5 Å². The number of fused-ring (bicyclic) bond motifs is 2. The molecule has 12 heteroatoms. The first-order valence-electron chi connectivity index (χ1n) is 14.6. The van der Waals surface area contributed by atoms with E-state index in [9.17, 15) is 24.9 Å². The number of ether oxygens (including phenoxy) is 4. The number of hydrogen-bond donors (Lipinski definition) is 5. The molecule has 12 nitrogen and oxygen atoms in total. The average molecular weight is 629 g/mol. The van der Waals surface area contributed by atoms with Gasteiger partial charge in [-0.05, 0) is 50.3 Å². The molecule has 0 saturated carbocycles. The third kappa shape index (κ3) is 8.27. The number of hydrogen-bond acceptors (Lipinski definition) is 10. The Morgan fingerprint density at radius 1 is 1.11 bits per heavy atom. The number of carbonyl (C=O) groups excluding carboxylic acids is 2. The Balaban J connectivity index is 2.22. The molecule has 0 spiro atoms. The van der Waals surface area contributed by atoms with Crippen LogP contribution in [0, 0.1) is 11.8 Å². The van der Waals surface area contributed by atoms with Crippen molar-refractivity contribution in [3.05, 3.63) is 59.4 Å². The molecule has 0 radical (unpaired) electrons. The quantitative estimate of drug-likeness (QED) is 0.175. The first-order valence-corrected chi connectivity index (χ1v) is 14.6. The molecule has 2 aromatic rings. The van der Waals surface area contributed by atoms with Gasteiger partial charge < -0.3 is 49.7 Å². The summed E-state index contributed by atoms with van der Waals surface area (Å²) in [7, 11) is 4.30. The van der Waals surface area contributed by atoms with Crippen molar-refractivity contribution in [1.29, 1.82) is 0 Å². The molecule has 246 valence electrons. The van der Waals surface area contributed by atoms with E-state index in [1.807, 2.05) is 6.92 Å². The number of carbonyl (C=O) groups is 2. The Morgan fingerprint density at radius 3 is 2.40 bits per heavy atom. The van der Waals surface area contributed by atoms with E-state index in [0.717, 1.165) is 0 Å². The number of furan rings is 1. The van der Waals surface area contributed by atoms with Crippen LogP contribution in [0.1, 0.15) is 39.7 Å². The van der Waals surface area contributed by atoms with Gasteiger partial charge >= 0.3 is 6.09 Å². The first kappa shape index (κ1) is 35.2. The molecule has 1 aromatic heterocycles. The van der Waals surface area contributed by atoms with E-state index in [-0.39, 0.29) is 57.7 Å². The fraction of sp³-hybridized carbons (Fsp3) is 0.455. The molecule has 3 rings (SSSR count). The summed E-state index contributed by atoms with van der Waals surface area (Å²) in [5.41, 5.74) is 6.43. The van der Waals surface area contributed by atoms with E-state index >= 15 is 0 Å². The highest BCUT2D eigenvalue weighted by Gasteiger charge is 2.32. The lowest BCUT2D eigenvalue weighted by Gasteiger charge is -2.29. The maximum absolute atomic E-state index is 13.4. The van der Waals surface area contributed by atoms with Crippen molar-refractivity contribution in [3.8, 4) is 28.6 Å². The van der Waals surface area contributed by atoms with Crippen molar-refractivity contribution in [2.24, 2.45) is 17.6 Å². The van der Waals surface area contributed by atoms with Crippen molar-refractivity contribution in [2.45, 2.75) is 65.0 Å². The van der Waals surface area contributed by atoms with Gasteiger partial charge in [0.05, 0.1) is 30.7 Å². The lowest BCUT2D eigenvalue weighted by atomic mass is 9.88. The van der Waals surface area contributed by atoms with Gasteiger partial charge in [-0.1, -0.05) is 38.2 Å². The van der Waals surface area contributed by atoms with Crippen molar-refractivity contribution in [3.63, 3.8) is 0 Å².